The summed E-state index contributed by atoms with van der Waals surface area (Å²) in [7, 11) is 0. The monoisotopic (exact) mass is 286 g/mol. The molecule has 0 aromatic rings. The Bertz CT molecular complexity index is 320. The van der Waals surface area contributed by atoms with Crippen LogP contribution in [0.25, 0.3) is 0 Å². The zero-order valence-corrected chi connectivity index (χ0v) is 12.4. The maximum Gasteiger partial charge on any atom is 0.326 e. The predicted octanol–water partition coefficient (Wildman–Crippen LogP) is 1.70. The van der Waals surface area contributed by atoms with Gasteiger partial charge in [-0.1, -0.05) is 13.8 Å². The van der Waals surface area contributed by atoms with Crippen LogP contribution in [0.2, 0.25) is 0 Å². The summed E-state index contributed by atoms with van der Waals surface area (Å²) in [6.45, 7) is 6.34. The molecular formula is C14H26N2O4. The molecule has 0 radical (unpaired) electrons. The Kier molecular flexibility index (Phi) is 7.36. The van der Waals surface area contributed by atoms with Gasteiger partial charge in [0.25, 0.3) is 0 Å². The van der Waals surface area contributed by atoms with Crippen LogP contribution in [0, 0.1) is 5.92 Å². The van der Waals surface area contributed by atoms with Crippen molar-refractivity contribution in [1.29, 1.82) is 0 Å². The molecule has 0 aromatic heterocycles. The molecule has 2 amide bonds. The standard InChI is InChI=1S/C14H26N2O4/c1-11(2)6-9-20-10-7-15-14(19)16-8-4-3-5-12(16)13(17)18/h11-12H,3-10H2,1-2H3,(H,15,19)(H,17,18). The molecule has 1 rings (SSSR count). The number of piperidine rings is 1. The third-order valence-corrected chi connectivity index (χ3v) is 3.41. The average Bonchev–Trinajstić information content (AvgIpc) is 2.42. The normalized spacial score (nSPS) is 19.1. The van der Waals surface area contributed by atoms with Gasteiger partial charge in [-0.25, -0.2) is 9.59 Å². The van der Waals surface area contributed by atoms with Crippen LogP contribution in [0.15, 0.2) is 0 Å². The van der Waals surface area contributed by atoms with E-state index < -0.39 is 12.0 Å². The van der Waals surface area contributed by atoms with Crippen LogP contribution in [0.4, 0.5) is 4.79 Å². The number of carbonyl (C=O) groups excluding carboxylic acids is 1. The molecule has 1 aliphatic heterocycles. The highest BCUT2D eigenvalue weighted by atomic mass is 16.5. The van der Waals surface area contributed by atoms with Crippen molar-refractivity contribution >= 4 is 12.0 Å². The lowest BCUT2D eigenvalue weighted by atomic mass is 10.0. The summed E-state index contributed by atoms with van der Waals surface area (Å²) in [5, 5.41) is 11.8. The lowest BCUT2D eigenvalue weighted by molar-refractivity contribution is -0.143. The van der Waals surface area contributed by atoms with E-state index in [4.69, 9.17) is 9.84 Å². The third kappa shape index (κ3) is 5.77. The smallest absolute Gasteiger partial charge is 0.326 e. The van der Waals surface area contributed by atoms with Crippen LogP contribution in [0.5, 0.6) is 0 Å². The summed E-state index contributed by atoms with van der Waals surface area (Å²) < 4.78 is 5.41. The fourth-order valence-electron chi connectivity index (χ4n) is 2.18. The molecule has 0 saturated carbocycles. The van der Waals surface area contributed by atoms with Crippen molar-refractivity contribution in [2.45, 2.75) is 45.6 Å². The van der Waals surface area contributed by atoms with Crippen molar-refractivity contribution in [1.82, 2.24) is 10.2 Å². The Balaban J connectivity index is 2.22. The van der Waals surface area contributed by atoms with E-state index in [0.29, 0.717) is 38.6 Å². The van der Waals surface area contributed by atoms with Gasteiger partial charge in [0.1, 0.15) is 6.04 Å². The van der Waals surface area contributed by atoms with Crippen molar-refractivity contribution in [3.63, 3.8) is 0 Å². The lowest BCUT2D eigenvalue weighted by Crippen LogP contribution is -2.52. The number of rotatable bonds is 7. The molecule has 0 aliphatic carbocycles. The molecular weight excluding hydrogens is 260 g/mol. The number of nitrogens with zero attached hydrogens (tertiary/aromatic N) is 1. The van der Waals surface area contributed by atoms with E-state index in [9.17, 15) is 9.59 Å². The van der Waals surface area contributed by atoms with Gasteiger partial charge in [-0.05, 0) is 31.6 Å². The second-order valence-electron chi connectivity index (χ2n) is 5.57. The van der Waals surface area contributed by atoms with Gasteiger partial charge < -0.3 is 20.1 Å². The predicted molar refractivity (Wildman–Crippen MR) is 75.7 cm³/mol. The number of hydrogen-bond donors (Lipinski definition) is 2. The largest absolute Gasteiger partial charge is 0.480 e. The van der Waals surface area contributed by atoms with Gasteiger partial charge in [0.05, 0.1) is 6.61 Å². The van der Waals surface area contributed by atoms with E-state index in [2.05, 4.69) is 19.2 Å². The third-order valence-electron chi connectivity index (χ3n) is 3.41. The summed E-state index contributed by atoms with van der Waals surface area (Å²) in [5.74, 6) is -0.317. The second kappa shape index (κ2) is 8.79. The fraction of sp³-hybridized carbons (Fsp3) is 0.857. The molecule has 20 heavy (non-hydrogen) atoms. The average molecular weight is 286 g/mol. The highest BCUT2D eigenvalue weighted by Gasteiger charge is 2.31. The zero-order valence-electron chi connectivity index (χ0n) is 12.4. The molecule has 1 atom stereocenters. The number of nitrogens with one attached hydrogen (secondary N) is 1. The first-order chi connectivity index (χ1) is 9.52. The molecule has 6 heteroatoms. The Hall–Kier alpha value is -1.30. The Labute approximate surface area is 120 Å². The molecule has 1 heterocycles. The summed E-state index contributed by atoms with van der Waals surface area (Å²) >= 11 is 0. The molecule has 0 spiro atoms. The van der Waals surface area contributed by atoms with Crippen LogP contribution in [-0.2, 0) is 9.53 Å². The SMILES string of the molecule is CC(C)CCOCCNC(=O)N1CCCCC1C(=O)O. The van der Waals surface area contributed by atoms with Gasteiger partial charge in [-0.3, -0.25) is 0 Å². The van der Waals surface area contributed by atoms with E-state index in [-0.39, 0.29) is 6.03 Å². The van der Waals surface area contributed by atoms with Gasteiger partial charge >= 0.3 is 12.0 Å². The minimum atomic E-state index is -0.923. The topological polar surface area (TPSA) is 78.9 Å². The van der Waals surface area contributed by atoms with Gasteiger partial charge in [0, 0.05) is 19.7 Å². The minimum absolute atomic E-state index is 0.301. The number of hydrogen-bond acceptors (Lipinski definition) is 3. The van der Waals surface area contributed by atoms with E-state index in [0.717, 1.165) is 19.3 Å². The Morgan fingerprint density at radius 1 is 1.35 bits per heavy atom. The number of ether oxygens (including phenoxy) is 1. The molecule has 0 aromatic carbocycles. The quantitative estimate of drug-likeness (QED) is 0.698. The molecule has 1 aliphatic rings. The van der Waals surface area contributed by atoms with Crippen LogP contribution >= 0.6 is 0 Å². The number of urea groups is 1. The number of carboxylic acid groups (broad SMARTS) is 1. The number of likely N-dealkylation sites (tertiary alicyclic amines) is 1. The van der Waals surface area contributed by atoms with Crippen LogP contribution in [0.1, 0.15) is 39.5 Å². The molecule has 1 fully saturated rings. The number of aliphatic carboxylic acids is 1. The molecule has 1 unspecified atom stereocenters. The van der Waals surface area contributed by atoms with Crippen molar-refractivity contribution in [2.75, 3.05) is 26.3 Å². The number of carbonyl (C=O) groups is 2. The van der Waals surface area contributed by atoms with Gasteiger partial charge in [-0.2, -0.15) is 0 Å². The number of amides is 2. The minimum Gasteiger partial charge on any atom is -0.480 e. The molecule has 2 N–H and O–H groups in total. The molecule has 6 nitrogen and oxygen atoms in total. The first-order valence-corrected chi connectivity index (χ1v) is 7.37. The summed E-state index contributed by atoms with van der Waals surface area (Å²) in [4.78, 5) is 24.5. The Morgan fingerprint density at radius 2 is 2.10 bits per heavy atom. The van der Waals surface area contributed by atoms with Gasteiger partial charge in [0.15, 0.2) is 0 Å². The molecule has 1 saturated heterocycles. The van der Waals surface area contributed by atoms with Gasteiger partial charge in [-0.15, -0.1) is 0 Å². The van der Waals surface area contributed by atoms with Crippen molar-refractivity contribution in [3.05, 3.63) is 0 Å². The van der Waals surface area contributed by atoms with Crippen LogP contribution in [-0.4, -0.2) is 54.4 Å². The van der Waals surface area contributed by atoms with E-state index in [1.165, 1.54) is 4.90 Å². The van der Waals surface area contributed by atoms with E-state index in [1.807, 2.05) is 0 Å². The molecule has 0 bridgehead atoms. The van der Waals surface area contributed by atoms with E-state index >= 15 is 0 Å². The van der Waals surface area contributed by atoms with Crippen molar-refractivity contribution < 1.29 is 19.4 Å². The fourth-order valence-corrected chi connectivity index (χ4v) is 2.18. The summed E-state index contributed by atoms with van der Waals surface area (Å²) in [6.07, 6.45) is 3.26. The van der Waals surface area contributed by atoms with Crippen molar-refractivity contribution in [2.24, 2.45) is 5.92 Å². The number of carboxylic acids is 1. The first kappa shape index (κ1) is 16.8. The highest BCUT2D eigenvalue weighted by Crippen LogP contribution is 2.17. The van der Waals surface area contributed by atoms with Crippen LogP contribution < -0.4 is 5.32 Å². The van der Waals surface area contributed by atoms with Crippen molar-refractivity contribution in [3.8, 4) is 0 Å². The zero-order chi connectivity index (χ0) is 15.0. The Morgan fingerprint density at radius 3 is 2.75 bits per heavy atom. The van der Waals surface area contributed by atoms with Gasteiger partial charge in [0.2, 0.25) is 0 Å². The van der Waals surface area contributed by atoms with E-state index in [1.54, 1.807) is 0 Å². The maximum absolute atomic E-state index is 11.9. The lowest BCUT2D eigenvalue weighted by Gasteiger charge is -2.32. The summed E-state index contributed by atoms with van der Waals surface area (Å²) in [6, 6.07) is -0.991. The highest BCUT2D eigenvalue weighted by molar-refractivity contribution is 5.82. The summed E-state index contributed by atoms with van der Waals surface area (Å²) in [5.41, 5.74) is 0. The second-order valence-corrected chi connectivity index (χ2v) is 5.57. The van der Waals surface area contributed by atoms with Crippen LogP contribution in [0.3, 0.4) is 0 Å². The first-order valence-electron chi connectivity index (χ1n) is 7.37. The maximum atomic E-state index is 11.9. The molecule has 116 valence electrons.